The summed E-state index contributed by atoms with van der Waals surface area (Å²) in [6.45, 7) is 4.10. The number of nitrogens with one attached hydrogen (secondary N) is 1. The van der Waals surface area contributed by atoms with Gasteiger partial charge >= 0.3 is 11.9 Å². The van der Waals surface area contributed by atoms with Gasteiger partial charge in [0.15, 0.2) is 0 Å². The minimum atomic E-state index is -1.03. The summed E-state index contributed by atoms with van der Waals surface area (Å²) in [7, 11) is 0. The molecule has 0 radical (unpaired) electrons. The van der Waals surface area contributed by atoms with Crippen molar-refractivity contribution in [2.45, 2.75) is 187 Å². The van der Waals surface area contributed by atoms with Crippen LogP contribution >= 0.6 is 0 Å². The molecule has 6 heteroatoms. The van der Waals surface area contributed by atoms with E-state index in [0.29, 0.717) is 12.8 Å². The first-order valence-electron chi connectivity index (χ1n) is 18.6. The SMILES string of the molecule is CCC/C=C\C/C=C\C(CCCCCCC(=O)NCC(=O)O)OC(=O)CCCCCCCCC/C=C\CCCCCCCCC. The summed E-state index contributed by atoms with van der Waals surface area (Å²) < 4.78 is 5.83. The number of carboxylic acids is 1. The topological polar surface area (TPSA) is 92.7 Å². The zero-order chi connectivity index (χ0) is 33.1. The Bertz CT molecular complexity index is 788. The second kappa shape index (κ2) is 34.5. The molecule has 1 unspecified atom stereocenters. The third-order valence-corrected chi connectivity index (χ3v) is 8.00. The van der Waals surface area contributed by atoms with Gasteiger partial charge in [-0.3, -0.25) is 14.4 Å². The quantitative estimate of drug-likeness (QED) is 0.0427. The highest BCUT2D eigenvalue weighted by molar-refractivity contribution is 5.80. The molecule has 0 saturated carbocycles. The molecule has 0 bridgehead atoms. The van der Waals surface area contributed by atoms with Crippen molar-refractivity contribution in [3.05, 3.63) is 36.5 Å². The van der Waals surface area contributed by atoms with Gasteiger partial charge in [-0.05, 0) is 70.3 Å². The molecule has 2 N–H and O–H groups in total. The number of hydrogen-bond donors (Lipinski definition) is 2. The number of unbranched alkanes of at least 4 members (excludes halogenated alkanes) is 18. The number of carbonyl (C=O) groups excluding carboxylic acids is 2. The van der Waals surface area contributed by atoms with Crippen LogP contribution in [0.3, 0.4) is 0 Å². The third kappa shape index (κ3) is 34.3. The highest BCUT2D eigenvalue weighted by atomic mass is 16.5. The molecule has 0 rings (SSSR count). The van der Waals surface area contributed by atoms with E-state index in [4.69, 9.17) is 9.84 Å². The second-order valence-electron chi connectivity index (χ2n) is 12.5. The van der Waals surface area contributed by atoms with Crippen LogP contribution in [0.5, 0.6) is 0 Å². The van der Waals surface area contributed by atoms with E-state index in [1.165, 1.54) is 89.9 Å². The Labute approximate surface area is 276 Å². The van der Waals surface area contributed by atoms with E-state index in [9.17, 15) is 14.4 Å². The highest BCUT2D eigenvalue weighted by Gasteiger charge is 2.11. The summed E-state index contributed by atoms with van der Waals surface area (Å²) in [4.78, 5) is 34.7. The molecule has 45 heavy (non-hydrogen) atoms. The van der Waals surface area contributed by atoms with Crippen LogP contribution in [-0.4, -0.2) is 35.6 Å². The predicted molar refractivity (Wildman–Crippen MR) is 189 cm³/mol. The fourth-order valence-corrected chi connectivity index (χ4v) is 5.23. The minimum absolute atomic E-state index is 0.107. The van der Waals surface area contributed by atoms with E-state index in [0.717, 1.165) is 64.2 Å². The molecule has 0 aromatic rings. The predicted octanol–water partition coefficient (Wildman–Crippen LogP) is 10.9. The number of hydrogen-bond acceptors (Lipinski definition) is 4. The maximum absolute atomic E-state index is 12.6. The van der Waals surface area contributed by atoms with Crippen LogP contribution in [-0.2, 0) is 19.1 Å². The Kier molecular flexibility index (Phi) is 32.7. The number of amides is 1. The molecule has 1 atom stereocenters. The van der Waals surface area contributed by atoms with Crippen LogP contribution in [0.1, 0.15) is 181 Å². The summed E-state index contributed by atoms with van der Waals surface area (Å²) in [6.07, 6.45) is 41.5. The molecule has 0 fully saturated rings. The minimum Gasteiger partial charge on any atom is -0.480 e. The Balaban J connectivity index is 4.01. The Morgan fingerprint density at radius 3 is 1.73 bits per heavy atom. The van der Waals surface area contributed by atoms with Crippen molar-refractivity contribution in [1.29, 1.82) is 0 Å². The molecule has 0 aliphatic carbocycles. The van der Waals surface area contributed by atoms with E-state index in [1.54, 1.807) is 0 Å². The molecular weight excluding hydrogens is 562 g/mol. The third-order valence-electron chi connectivity index (χ3n) is 8.00. The molecule has 6 nitrogen and oxygen atoms in total. The molecule has 0 aromatic heterocycles. The Morgan fingerprint density at radius 2 is 1.13 bits per heavy atom. The highest BCUT2D eigenvalue weighted by Crippen LogP contribution is 2.15. The maximum atomic E-state index is 12.6. The summed E-state index contributed by atoms with van der Waals surface area (Å²) in [5.41, 5.74) is 0. The van der Waals surface area contributed by atoms with Gasteiger partial charge in [-0.2, -0.15) is 0 Å². The summed E-state index contributed by atoms with van der Waals surface area (Å²) in [5.74, 6) is -1.36. The van der Waals surface area contributed by atoms with Crippen molar-refractivity contribution >= 4 is 17.8 Å². The Morgan fingerprint density at radius 1 is 0.600 bits per heavy atom. The van der Waals surface area contributed by atoms with Gasteiger partial charge in [0.1, 0.15) is 12.6 Å². The lowest BCUT2D eigenvalue weighted by atomic mass is 10.1. The fourth-order valence-electron chi connectivity index (χ4n) is 5.23. The van der Waals surface area contributed by atoms with Gasteiger partial charge in [-0.1, -0.05) is 134 Å². The number of esters is 1. The molecule has 0 aromatic carbocycles. The Hall–Kier alpha value is -2.37. The number of ether oxygens (including phenoxy) is 1. The molecule has 0 saturated heterocycles. The first-order valence-corrected chi connectivity index (χ1v) is 18.6. The molecule has 260 valence electrons. The van der Waals surface area contributed by atoms with Crippen LogP contribution in [0, 0.1) is 0 Å². The number of aliphatic carboxylic acids is 1. The maximum Gasteiger partial charge on any atom is 0.322 e. The monoisotopic (exact) mass is 632 g/mol. The standard InChI is InChI=1S/C39H69NO5/c1-3-5-7-9-11-12-13-14-15-16-17-18-19-20-21-22-24-30-34-39(44)45-36(31-27-23-10-8-6-4-2)32-28-25-26-29-33-37(41)40-35-38(42)43/h8,10,15-16,27,31,36H,3-7,9,11-14,17-26,28-30,32-35H2,1-2H3,(H,40,41)(H,42,43)/b10-8-,16-15-,31-27-. The zero-order valence-corrected chi connectivity index (χ0v) is 29.2. The number of allylic oxidation sites excluding steroid dienone is 5. The molecule has 0 aliphatic heterocycles. The lowest BCUT2D eigenvalue weighted by Gasteiger charge is -2.14. The first-order chi connectivity index (χ1) is 22.0. The van der Waals surface area contributed by atoms with Gasteiger partial charge in [0.25, 0.3) is 0 Å². The lowest BCUT2D eigenvalue weighted by Crippen LogP contribution is -2.28. The number of rotatable bonds is 33. The van der Waals surface area contributed by atoms with Gasteiger partial charge in [-0.15, -0.1) is 0 Å². The summed E-state index contributed by atoms with van der Waals surface area (Å²) in [5, 5.41) is 11.0. The van der Waals surface area contributed by atoms with Gasteiger partial charge in [-0.25, -0.2) is 0 Å². The van der Waals surface area contributed by atoms with Gasteiger partial charge in [0, 0.05) is 12.8 Å². The summed E-state index contributed by atoms with van der Waals surface area (Å²) >= 11 is 0. The lowest BCUT2D eigenvalue weighted by molar-refractivity contribution is -0.147. The van der Waals surface area contributed by atoms with E-state index in [1.807, 2.05) is 6.08 Å². The zero-order valence-electron chi connectivity index (χ0n) is 29.2. The fraction of sp³-hybridized carbons (Fsp3) is 0.769. The largest absolute Gasteiger partial charge is 0.480 e. The van der Waals surface area contributed by atoms with E-state index in [2.05, 4.69) is 49.5 Å². The van der Waals surface area contributed by atoms with Crippen molar-refractivity contribution in [1.82, 2.24) is 5.32 Å². The second-order valence-corrected chi connectivity index (χ2v) is 12.5. The molecule has 0 spiro atoms. The van der Waals surface area contributed by atoms with Crippen LogP contribution in [0.25, 0.3) is 0 Å². The van der Waals surface area contributed by atoms with E-state index < -0.39 is 5.97 Å². The average molecular weight is 632 g/mol. The van der Waals surface area contributed by atoms with Gasteiger partial charge < -0.3 is 15.2 Å². The molecule has 0 aliphatic rings. The van der Waals surface area contributed by atoms with Gasteiger partial charge in [0.2, 0.25) is 5.91 Å². The van der Waals surface area contributed by atoms with Gasteiger partial charge in [0.05, 0.1) is 0 Å². The molecule has 0 heterocycles. The summed E-state index contributed by atoms with van der Waals surface area (Å²) in [6, 6.07) is 0. The van der Waals surface area contributed by atoms with E-state index in [-0.39, 0.29) is 24.5 Å². The normalized spacial score (nSPS) is 12.4. The van der Waals surface area contributed by atoms with Crippen molar-refractivity contribution in [3.8, 4) is 0 Å². The van der Waals surface area contributed by atoms with Crippen molar-refractivity contribution in [3.63, 3.8) is 0 Å². The van der Waals surface area contributed by atoms with Crippen LogP contribution in [0.2, 0.25) is 0 Å². The van der Waals surface area contributed by atoms with E-state index >= 15 is 0 Å². The van der Waals surface area contributed by atoms with Crippen LogP contribution < -0.4 is 5.32 Å². The number of carboxylic acid groups (broad SMARTS) is 1. The molecule has 1 amide bonds. The molecular formula is C39H69NO5. The smallest absolute Gasteiger partial charge is 0.322 e. The van der Waals surface area contributed by atoms with Crippen molar-refractivity contribution in [2.24, 2.45) is 0 Å². The van der Waals surface area contributed by atoms with Crippen LogP contribution in [0.15, 0.2) is 36.5 Å². The first kappa shape index (κ1) is 42.6. The average Bonchev–Trinajstić information content (AvgIpc) is 3.02. The van der Waals surface area contributed by atoms with Crippen molar-refractivity contribution in [2.75, 3.05) is 6.54 Å². The van der Waals surface area contributed by atoms with Crippen molar-refractivity contribution < 1.29 is 24.2 Å². The van der Waals surface area contributed by atoms with Crippen LogP contribution in [0.4, 0.5) is 0 Å². The number of carbonyl (C=O) groups is 3.